The van der Waals surface area contributed by atoms with Crippen molar-refractivity contribution in [3.8, 4) is 5.69 Å². The summed E-state index contributed by atoms with van der Waals surface area (Å²) < 4.78 is 14.6. The average Bonchev–Trinajstić information content (AvgIpc) is 2.42. The average molecular weight is 290 g/mol. The molecule has 3 aromatic rings. The molecule has 0 atom stereocenters. The molecule has 2 heterocycles. The number of hydrogen-bond acceptors (Lipinski definition) is 3. The molecule has 2 aromatic heterocycles. The van der Waals surface area contributed by atoms with Gasteiger partial charge in [-0.2, -0.15) is 0 Å². The molecule has 0 bridgehead atoms. The van der Waals surface area contributed by atoms with Crippen molar-refractivity contribution in [1.29, 1.82) is 0 Å². The molecule has 0 aliphatic rings. The van der Waals surface area contributed by atoms with Crippen molar-refractivity contribution >= 4 is 22.5 Å². The van der Waals surface area contributed by atoms with Gasteiger partial charge in [-0.25, -0.2) is 14.4 Å². The molecular formula is C14H9ClFN3O. The van der Waals surface area contributed by atoms with Crippen LogP contribution in [0, 0.1) is 12.7 Å². The van der Waals surface area contributed by atoms with E-state index in [9.17, 15) is 9.18 Å². The lowest BCUT2D eigenvalue weighted by Crippen LogP contribution is -2.22. The minimum Gasteiger partial charge on any atom is -0.268 e. The normalized spacial score (nSPS) is 10.9. The first-order valence-corrected chi connectivity index (χ1v) is 6.25. The number of fused-ring (bicyclic) bond motifs is 1. The summed E-state index contributed by atoms with van der Waals surface area (Å²) in [6, 6.07) is 7.26. The summed E-state index contributed by atoms with van der Waals surface area (Å²) in [5.74, 6) is -0.0203. The van der Waals surface area contributed by atoms with Gasteiger partial charge in [0.25, 0.3) is 5.56 Å². The van der Waals surface area contributed by atoms with Crippen LogP contribution in [0.25, 0.3) is 16.6 Å². The number of benzene rings is 1. The van der Waals surface area contributed by atoms with Gasteiger partial charge in [-0.3, -0.25) is 9.36 Å². The largest absolute Gasteiger partial charge is 0.268 e. The number of nitrogens with zero attached hydrogens (tertiary/aromatic N) is 3. The second kappa shape index (κ2) is 4.68. The topological polar surface area (TPSA) is 47.8 Å². The quantitative estimate of drug-likeness (QED) is 0.647. The second-order valence-electron chi connectivity index (χ2n) is 4.27. The zero-order chi connectivity index (χ0) is 14.3. The van der Waals surface area contributed by atoms with Crippen molar-refractivity contribution in [2.45, 2.75) is 6.92 Å². The summed E-state index contributed by atoms with van der Waals surface area (Å²) >= 11 is 6.01. The van der Waals surface area contributed by atoms with Gasteiger partial charge >= 0.3 is 0 Å². The van der Waals surface area contributed by atoms with Crippen LogP contribution < -0.4 is 5.56 Å². The van der Waals surface area contributed by atoms with Crippen molar-refractivity contribution in [1.82, 2.24) is 14.5 Å². The molecular weight excluding hydrogens is 281 g/mol. The molecule has 1 aromatic carbocycles. The van der Waals surface area contributed by atoms with Crippen LogP contribution in [0.15, 0.2) is 41.3 Å². The van der Waals surface area contributed by atoms with E-state index in [4.69, 9.17) is 11.6 Å². The zero-order valence-corrected chi connectivity index (χ0v) is 11.2. The Morgan fingerprint density at radius 3 is 2.85 bits per heavy atom. The fourth-order valence-corrected chi connectivity index (χ4v) is 2.30. The van der Waals surface area contributed by atoms with Gasteiger partial charge in [0.2, 0.25) is 0 Å². The van der Waals surface area contributed by atoms with E-state index in [0.29, 0.717) is 17.0 Å². The Hall–Kier alpha value is -2.27. The van der Waals surface area contributed by atoms with E-state index in [-0.39, 0.29) is 16.1 Å². The van der Waals surface area contributed by atoms with Crippen molar-refractivity contribution in [2.24, 2.45) is 0 Å². The Balaban J connectivity index is 2.43. The van der Waals surface area contributed by atoms with Gasteiger partial charge in [-0.1, -0.05) is 11.6 Å². The lowest BCUT2D eigenvalue weighted by molar-refractivity contribution is 0.629. The van der Waals surface area contributed by atoms with Crippen LogP contribution in [0.5, 0.6) is 0 Å². The van der Waals surface area contributed by atoms with Crippen molar-refractivity contribution in [3.63, 3.8) is 0 Å². The van der Waals surface area contributed by atoms with Crippen molar-refractivity contribution < 1.29 is 4.39 Å². The number of aromatic nitrogens is 3. The minimum absolute atomic E-state index is 0.190. The molecule has 3 rings (SSSR count). The van der Waals surface area contributed by atoms with Gasteiger partial charge in [-0.05, 0) is 37.3 Å². The Bertz CT molecular complexity index is 876. The third kappa shape index (κ3) is 1.96. The molecule has 0 radical (unpaired) electrons. The highest BCUT2D eigenvalue weighted by atomic mass is 35.5. The Morgan fingerprint density at radius 2 is 2.10 bits per heavy atom. The number of rotatable bonds is 1. The highest BCUT2D eigenvalue weighted by molar-refractivity contribution is 6.31. The van der Waals surface area contributed by atoms with Crippen LogP contribution in [0.1, 0.15) is 5.82 Å². The van der Waals surface area contributed by atoms with Gasteiger partial charge in [0.1, 0.15) is 11.6 Å². The summed E-state index contributed by atoms with van der Waals surface area (Å²) in [6.07, 6.45) is 1.53. The molecule has 0 amide bonds. The minimum atomic E-state index is -0.482. The monoisotopic (exact) mass is 289 g/mol. The molecule has 100 valence electrons. The van der Waals surface area contributed by atoms with Crippen LogP contribution in [-0.4, -0.2) is 14.5 Å². The van der Waals surface area contributed by atoms with E-state index in [0.717, 1.165) is 0 Å². The van der Waals surface area contributed by atoms with E-state index in [1.165, 1.54) is 29.0 Å². The van der Waals surface area contributed by atoms with E-state index in [1.54, 1.807) is 19.1 Å². The summed E-state index contributed by atoms with van der Waals surface area (Å²) in [6.45, 7) is 1.69. The highest BCUT2D eigenvalue weighted by Gasteiger charge is 2.13. The predicted molar refractivity (Wildman–Crippen MR) is 74.8 cm³/mol. The molecule has 6 heteroatoms. The molecule has 0 saturated carbocycles. The summed E-state index contributed by atoms with van der Waals surface area (Å²) in [5, 5.41) is 0.394. The fourth-order valence-electron chi connectivity index (χ4n) is 2.10. The second-order valence-corrected chi connectivity index (χ2v) is 4.63. The Morgan fingerprint density at radius 1 is 1.30 bits per heavy atom. The van der Waals surface area contributed by atoms with E-state index >= 15 is 0 Å². The fraction of sp³-hybridized carbons (Fsp3) is 0.0714. The first kappa shape index (κ1) is 12.7. The van der Waals surface area contributed by atoms with Gasteiger partial charge in [-0.15, -0.1) is 0 Å². The summed E-state index contributed by atoms with van der Waals surface area (Å²) in [7, 11) is 0. The maximum atomic E-state index is 13.3. The standard InChI is InChI=1S/C14H9ClFN3O/c1-8-18-11-5-4-9(16)7-10(11)14(20)19(8)12-3-2-6-17-13(12)15/h2-7H,1H3. The van der Waals surface area contributed by atoms with Gasteiger partial charge in [0, 0.05) is 6.20 Å². The maximum absolute atomic E-state index is 13.3. The molecule has 20 heavy (non-hydrogen) atoms. The molecule has 0 fully saturated rings. The van der Waals surface area contributed by atoms with Crippen LogP contribution in [-0.2, 0) is 0 Å². The predicted octanol–water partition coefficient (Wildman–Crippen LogP) is 2.88. The molecule has 4 nitrogen and oxygen atoms in total. The zero-order valence-electron chi connectivity index (χ0n) is 10.5. The number of halogens is 2. The Kier molecular flexibility index (Phi) is 2.99. The van der Waals surface area contributed by atoms with Gasteiger partial charge in [0.15, 0.2) is 5.15 Å². The summed E-state index contributed by atoms with van der Waals surface area (Å²) in [4.78, 5) is 20.8. The van der Waals surface area contributed by atoms with Crippen LogP contribution in [0.3, 0.4) is 0 Å². The molecule has 0 N–H and O–H groups in total. The maximum Gasteiger partial charge on any atom is 0.266 e. The molecule has 0 saturated heterocycles. The van der Waals surface area contributed by atoms with Crippen LogP contribution in [0.4, 0.5) is 4.39 Å². The Labute approximate surface area is 118 Å². The number of aryl methyl sites for hydroxylation is 1. The summed E-state index contributed by atoms with van der Waals surface area (Å²) in [5.41, 5.74) is 0.502. The molecule has 0 spiro atoms. The lowest BCUT2D eigenvalue weighted by atomic mass is 10.2. The van der Waals surface area contributed by atoms with Gasteiger partial charge < -0.3 is 0 Å². The first-order chi connectivity index (χ1) is 9.58. The smallest absolute Gasteiger partial charge is 0.266 e. The van der Waals surface area contributed by atoms with Crippen LogP contribution >= 0.6 is 11.6 Å². The lowest BCUT2D eigenvalue weighted by Gasteiger charge is -2.11. The molecule has 0 unspecified atom stereocenters. The van der Waals surface area contributed by atoms with Crippen molar-refractivity contribution in [3.05, 3.63) is 63.7 Å². The third-order valence-electron chi connectivity index (χ3n) is 2.98. The van der Waals surface area contributed by atoms with Crippen molar-refractivity contribution in [2.75, 3.05) is 0 Å². The van der Waals surface area contributed by atoms with E-state index in [2.05, 4.69) is 9.97 Å². The third-order valence-corrected chi connectivity index (χ3v) is 3.27. The molecule has 0 aliphatic heterocycles. The van der Waals surface area contributed by atoms with Crippen LogP contribution in [0.2, 0.25) is 5.15 Å². The SMILES string of the molecule is Cc1nc2ccc(F)cc2c(=O)n1-c1cccnc1Cl. The van der Waals surface area contributed by atoms with E-state index in [1.807, 2.05) is 0 Å². The number of hydrogen-bond donors (Lipinski definition) is 0. The van der Waals surface area contributed by atoms with Gasteiger partial charge in [0.05, 0.1) is 16.6 Å². The molecule has 0 aliphatic carbocycles. The van der Waals surface area contributed by atoms with E-state index < -0.39 is 5.82 Å². The highest BCUT2D eigenvalue weighted by Crippen LogP contribution is 2.18. The first-order valence-electron chi connectivity index (χ1n) is 5.88. The number of pyridine rings is 1.